The molecule has 0 heterocycles. The van der Waals surface area contributed by atoms with E-state index in [4.69, 9.17) is 0 Å². The van der Waals surface area contributed by atoms with Crippen molar-refractivity contribution in [2.45, 2.75) is 70.6 Å². The Hall–Kier alpha value is -2.48. The van der Waals surface area contributed by atoms with Crippen molar-refractivity contribution in [3.8, 4) is 0 Å². The molecule has 2 aromatic carbocycles. The highest BCUT2D eigenvalue weighted by atomic mass is 15.2. The molecule has 1 aliphatic carbocycles. The summed E-state index contributed by atoms with van der Waals surface area (Å²) in [6, 6.07) is 17.4. The summed E-state index contributed by atoms with van der Waals surface area (Å²) in [5, 5.41) is 8.44. The van der Waals surface area contributed by atoms with Gasteiger partial charge in [0.25, 0.3) is 0 Å². The molecule has 0 atom stereocenters. The molecule has 0 amide bonds. The first-order valence-electron chi connectivity index (χ1n) is 11.6. The summed E-state index contributed by atoms with van der Waals surface area (Å²) >= 11 is 0. The third-order valence-corrected chi connectivity index (χ3v) is 6.29. The van der Waals surface area contributed by atoms with Gasteiger partial charge in [0, 0.05) is 0 Å². The summed E-state index contributed by atoms with van der Waals surface area (Å²) in [5.74, 6) is 1.70. The number of unbranched alkanes of at least 4 members (excludes halogenated alkanes) is 1. The van der Waals surface area contributed by atoms with Gasteiger partial charge in [-0.25, -0.2) is 0 Å². The van der Waals surface area contributed by atoms with Crippen LogP contribution in [0.5, 0.6) is 0 Å². The van der Waals surface area contributed by atoms with Crippen molar-refractivity contribution in [1.82, 2.24) is 0 Å². The van der Waals surface area contributed by atoms with Crippen molar-refractivity contribution >= 4 is 12.4 Å². The van der Waals surface area contributed by atoms with Crippen molar-refractivity contribution < 1.29 is 0 Å². The van der Waals surface area contributed by atoms with Gasteiger partial charge in [-0.1, -0.05) is 74.4 Å². The lowest BCUT2D eigenvalue weighted by atomic mass is 9.77. The van der Waals surface area contributed by atoms with Gasteiger partial charge in [-0.3, -0.25) is 0 Å². The average molecular weight is 401 g/mol. The van der Waals surface area contributed by atoms with Crippen LogP contribution < -0.4 is 0 Å². The standard InChI is InChI=1S/C28H36N2/c1-3-5-6-8-24-9-11-25(12-10-24)21-29-30-22-26-15-19-28(20-16-26)27-17-13-23(7-4-2)14-18-27/h3,9-12,15-16,19-23,27H,1,4-8,13-14,17-18H2,2H3/t23-,27-. The highest BCUT2D eigenvalue weighted by Crippen LogP contribution is 2.37. The summed E-state index contributed by atoms with van der Waals surface area (Å²) in [6.07, 6.45) is 17.1. The molecule has 2 nitrogen and oxygen atoms in total. The van der Waals surface area contributed by atoms with Gasteiger partial charge in [0.1, 0.15) is 0 Å². The SMILES string of the molecule is C=CCCCc1ccc(C=NN=Cc2ccc([C@H]3CC[C@H](CCC)CC3)cc2)cc1. The lowest BCUT2D eigenvalue weighted by molar-refractivity contribution is 0.308. The first kappa shape index (κ1) is 22.2. The first-order valence-corrected chi connectivity index (χ1v) is 11.6. The zero-order chi connectivity index (χ0) is 21.0. The van der Waals surface area contributed by atoms with Crippen molar-refractivity contribution in [2.24, 2.45) is 16.1 Å². The summed E-state index contributed by atoms with van der Waals surface area (Å²) in [5.41, 5.74) is 5.03. The van der Waals surface area contributed by atoms with Crippen LogP contribution in [-0.2, 0) is 6.42 Å². The fraction of sp³-hybridized carbons (Fsp3) is 0.429. The molecule has 0 aliphatic heterocycles. The minimum atomic E-state index is 0.738. The zero-order valence-electron chi connectivity index (χ0n) is 18.5. The molecular formula is C28H36N2. The third-order valence-electron chi connectivity index (χ3n) is 6.29. The minimum absolute atomic E-state index is 0.738. The third kappa shape index (κ3) is 7.09. The molecule has 30 heavy (non-hydrogen) atoms. The van der Waals surface area contributed by atoms with Crippen molar-refractivity contribution in [2.75, 3.05) is 0 Å². The van der Waals surface area contributed by atoms with Crippen molar-refractivity contribution in [3.63, 3.8) is 0 Å². The molecule has 0 unspecified atom stereocenters. The molecule has 2 heteroatoms. The number of hydrogen-bond acceptors (Lipinski definition) is 2. The highest BCUT2D eigenvalue weighted by molar-refractivity contribution is 5.82. The number of allylic oxidation sites excluding steroid dienone is 1. The molecule has 1 aliphatic rings. The zero-order valence-corrected chi connectivity index (χ0v) is 18.5. The van der Waals surface area contributed by atoms with E-state index >= 15 is 0 Å². The largest absolute Gasteiger partial charge is 0.159 e. The maximum Gasteiger partial charge on any atom is 0.0568 e. The number of aryl methyl sites for hydroxylation is 1. The second kappa shape index (κ2) is 12.3. The fourth-order valence-corrected chi connectivity index (χ4v) is 4.47. The van der Waals surface area contributed by atoms with E-state index in [9.17, 15) is 0 Å². The lowest BCUT2D eigenvalue weighted by Gasteiger charge is -2.28. The summed E-state index contributed by atoms with van der Waals surface area (Å²) in [6.45, 7) is 6.08. The molecule has 0 bridgehead atoms. The van der Waals surface area contributed by atoms with Gasteiger partial charge in [-0.15, -0.1) is 6.58 Å². The van der Waals surface area contributed by atoms with Gasteiger partial charge in [0.15, 0.2) is 0 Å². The molecule has 2 aromatic rings. The first-order chi connectivity index (χ1) is 14.8. The smallest absolute Gasteiger partial charge is 0.0568 e. The van der Waals surface area contributed by atoms with Crippen LogP contribution in [0.25, 0.3) is 0 Å². The Bertz CT molecular complexity index is 807. The average Bonchev–Trinajstić information content (AvgIpc) is 2.79. The molecule has 0 saturated heterocycles. The molecule has 1 saturated carbocycles. The van der Waals surface area contributed by atoms with Gasteiger partial charge in [-0.05, 0) is 79.0 Å². The molecule has 0 spiro atoms. The van der Waals surface area contributed by atoms with Crippen LogP contribution in [0.4, 0.5) is 0 Å². The number of benzene rings is 2. The Kier molecular flexibility index (Phi) is 9.08. The van der Waals surface area contributed by atoms with Gasteiger partial charge >= 0.3 is 0 Å². The number of rotatable bonds is 10. The van der Waals surface area contributed by atoms with Crippen LogP contribution in [0.3, 0.4) is 0 Å². The Morgan fingerprint density at radius 1 is 0.867 bits per heavy atom. The summed E-state index contributed by atoms with van der Waals surface area (Å²) in [4.78, 5) is 0. The quantitative estimate of drug-likeness (QED) is 0.169. The molecule has 158 valence electrons. The number of hydrogen-bond donors (Lipinski definition) is 0. The van der Waals surface area contributed by atoms with Gasteiger partial charge in [-0.2, -0.15) is 10.2 Å². The van der Waals surface area contributed by atoms with E-state index in [0.29, 0.717) is 0 Å². The van der Waals surface area contributed by atoms with Gasteiger partial charge in [0.05, 0.1) is 12.4 Å². The maximum absolute atomic E-state index is 4.23. The Balaban J connectivity index is 1.46. The lowest BCUT2D eigenvalue weighted by Crippen LogP contribution is -2.13. The molecule has 0 aromatic heterocycles. The second-order valence-electron chi connectivity index (χ2n) is 8.58. The van der Waals surface area contributed by atoms with E-state index in [2.05, 4.69) is 72.2 Å². The highest BCUT2D eigenvalue weighted by Gasteiger charge is 2.21. The van der Waals surface area contributed by atoms with Gasteiger partial charge in [0.2, 0.25) is 0 Å². The van der Waals surface area contributed by atoms with Crippen LogP contribution in [0.15, 0.2) is 71.4 Å². The van der Waals surface area contributed by atoms with Crippen molar-refractivity contribution in [3.05, 3.63) is 83.4 Å². The monoisotopic (exact) mass is 400 g/mol. The molecular weight excluding hydrogens is 364 g/mol. The van der Waals surface area contributed by atoms with E-state index in [-0.39, 0.29) is 0 Å². The molecule has 3 rings (SSSR count). The van der Waals surface area contributed by atoms with Gasteiger partial charge < -0.3 is 0 Å². The summed E-state index contributed by atoms with van der Waals surface area (Å²) in [7, 11) is 0. The topological polar surface area (TPSA) is 24.7 Å². The Morgan fingerprint density at radius 2 is 1.47 bits per heavy atom. The minimum Gasteiger partial charge on any atom is -0.159 e. The van der Waals surface area contributed by atoms with Crippen LogP contribution in [0.1, 0.15) is 86.5 Å². The van der Waals surface area contributed by atoms with E-state index in [1.54, 1.807) is 0 Å². The Morgan fingerprint density at radius 3 is 2.03 bits per heavy atom. The van der Waals surface area contributed by atoms with E-state index in [1.807, 2.05) is 18.5 Å². The number of nitrogens with zero attached hydrogens (tertiary/aromatic N) is 2. The fourth-order valence-electron chi connectivity index (χ4n) is 4.47. The predicted octanol–water partition coefficient (Wildman–Crippen LogP) is 7.72. The molecule has 0 N–H and O–H groups in total. The van der Waals surface area contributed by atoms with E-state index in [1.165, 1.54) is 49.7 Å². The van der Waals surface area contributed by atoms with Crippen LogP contribution in [0.2, 0.25) is 0 Å². The van der Waals surface area contributed by atoms with Crippen molar-refractivity contribution in [1.29, 1.82) is 0 Å². The second-order valence-corrected chi connectivity index (χ2v) is 8.58. The van der Waals surface area contributed by atoms with E-state index in [0.717, 1.165) is 42.2 Å². The van der Waals surface area contributed by atoms with Crippen LogP contribution in [0, 0.1) is 5.92 Å². The predicted molar refractivity (Wildman–Crippen MR) is 131 cm³/mol. The molecule has 1 fully saturated rings. The summed E-state index contributed by atoms with van der Waals surface area (Å²) < 4.78 is 0. The maximum atomic E-state index is 4.23. The normalized spacial score (nSPS) is 19.5. The van der Waals surface area contributed by atoms with Crippen LogP contribution in [-0.4, -0.2) is 12.4 Å². The van der Waals surface area contributed by atoms with Crippen LogP contribution >= 0.6 is 0 Å². The molecule has 0 radical (unpaired) electrons. The van der Waals surface area contributed by atoms with E-state index < -0.39 is 0 Å². The Labute approximate surface area is 182 Å².